The quantitative estimate of drug-likeness (QED) is 0.863. The van der Waals surface area contributed by atoms with Gasteiger partial charge in [-0.15, -0.1) is 11.3 Å². The van der Waals surface area contributed by atoms with Gasteiger partial charge >= 0.3 is 0 Å². The van der Waals surface area contributed by atoms with Crippen LogP contribution in [0.4, 0.5) is 0 Å². The van der Waals surface area contributed by atoms with Crippen molar-refractivity contribution in [2.24, 2.45) is 5.41 Å². The van der Waals surface area contributed by atoms with Crippen molar-refractivity contribution < 1.29 is 13.5 Å². The average Bonchev–Trinajstić information content (AvgIpc) is 2.90. The average molecular weight is 322 g/mol. The predicted octanol–water partition coefficient (Wildman–Crippen LogP) is 1.10. The summed E-state index contributed by atoms with van der Waals surface area (Å²) in [7, 11) is -3.73. The Morgan fingerprint density at radius 1 is 1.58 bits per heavy atom. The molecule has 9 heteroatoms. The Kier molecular flexibility index (Phi) is 3.10. The van der Waals surface area contributed by atoms with Crippen molar-refractivity contribution in [3.05, 3.63) is 16.7 Å². The molecule has 3 rings (SSSR count). The lowest BCUT2D eigenvalue weighted by molar-refractivity contribution is 0.213. The molecule has 2 heterocycles. The number of halogens is 1. The SMILES string of the molecule is O=S(=O)(NCC1(CO)CC1)c1c(Cl)nc2sccn12. The van der Waals surface area contributed by atoms with Crippen LogP contribution in [-0.2, 0) is 10.0 Å². The Morgan fingerprint density at radius 3 is 2.95 bits per heavy atom. The van der Waals surface area contributed by atoms with Gasteiger partial charge in [0.25, 0.3) is 10.0 Å². The Balaban J connectivity index is 1.91. The summed E-state index contributed by atoms with van der Waals surface area (Å²) >= 11 is 7.21. The van der Waals surface area contributed by atoms with Crippen LogP contribution in [0.3, 0.4) is 0 Å². The highest BCUT2D eigenvalue weighted by Gasteiger charge is 2.43. The minimum absolute atomic E-state index is 0.0104. The summed E-state index contributed by atoms with van der Waals surface area (Å²) in [5, 5.41) is 10.9. The molecule has 2 aromatic rings. The first kappa shape index (κ1) is 13.3. The molecule has 1 fully saturated rings. The lowest BCUT2D eigenvalue weighted by Crippen LogP contribution is -2.32. The largest absolute Gasteiger partial charge is 0.396 e. The molecular weight excluding hydrogens is 310 g/mol. The Labute approximate surface area is 119 Å². The van der Waals surface area contributed by atoms with Crippen LogP contribution in [0, 0.1) is 5.41 Å². The number of sulfonamides is 1. The maximum atomic E-state index is 12.3. The van der Waals surface area contributed by atoms with Crippen LogP contribution in [0.2, 0.25) is 5.15 Å². The number of nitrogens with zero attached hydrogens (tertiary/aromatic N) is 2. The summed E-state index contributed by atoms with van der Waals surface area (Å²) < 4.78 is 28.5. The van der Waals surface area contributed by atoms with Crippen LogP contribution in [0.25, 0.3) is 4.96 Å². The Hall–Kier alpha value is -0.670. The normalized spacial score (nSPS) is 18.0. The van der Waals surface area contributed by atoms with Gasteiger partial charge in [-0.05, 0) is 12.8 Å². The molecule has 2 aromatic heterocycles. The van der Waals surface area contributed by atoms with Crippen molar-refractivity contribution in [2.75, 3.05) is 13.2 Å². The molecule has 19 heavy (non-hydrogen) atoms. The van der Waals surface area contributed by atoms with E-state index in [9.17, 15) is 13.5 Å². The fourth-order valence-corrected chi connectivity index (χ4v) is 4.47. The third kappa shape index (κ3) is 2.27. The van der Waals surface area contributed by atoms with Crippen molar-refractivity contribution >= 4 is 37.9 Å². The van der Waals surface area contributed by atoms with Gasteiger partial charge in [-0.25, -0.2) is 18.1 Å². The van der Waals surface area contributed by atoms with Crippen molar-refractivity contribution in [1.29, 1.82) is 0 Å². The summed E-state index contributed by atoms with van der Waals surface area (Å²) in [6.07, 6.45) is 3.28. The topological polar surface area (TPSA) is 83.7 Å². The number of thiazole rings is 1. The molecule has 0 radical (unpaired) electrons. The minimum atomic E-state index is -3.73. The second-order valence-corrected chi connectivity index (χ2v) is 7.66. The molecule has 0 atom stereocenters. The maximum absolute atomic E-state index is 12.3. The van der Waals surface area contributed by atoms with Crippen LogP contribution < -0.4 is 4.72 Å². The van der Waals surface area contributed by atoms with E-state index in [1.54, 1.807) is 11.6 Å². The molecular formula is C10H12ClN3O3S2. The molecule has 0 saturated heterocycles. The van der Waals surface area contributed by atoms with Crippen molar-refractivity contribution in [3.63, 3.8) is 0 Å². The lowest BCUT2D eigenvalue weighted by Gasteiger charge is -2.12. The van der Waals surface area contributed by atoms with E-state index in [0.29, 0.717) is 4.96 Å². The smallest absolute Gasteiger partial charge is 0.259 e. The number of rotatable bonds is 5. The van der Waals surface area contributed by atoms with Gasteiger partial charge in [-0.1, -0.05) is 11.6 Å². The molecule has 6 nitrogen and oxygen atoms in total. The highest BCUT2D eigenvalue weighted by molar-refractivity contribution is 7.89. The first-order valence-corrected chi connectivity index (χ1v) is 8.43. The molecule has 2 N–H and O–H groups in total. The number of aliphatic hydroxyl groups excluding tert-OH is 1. The third-order valence-electron chi connectivity index (χ3n) is 3.36. The molecule has 1 aliphatic carbocycles. The number of aliphatic hydroxyl groups is 1. The second kappa shape index (κ2) is 4.42. The molecule has 0 spiro atoms. The number of nitrogens with one attached hydrogen (secondary N) is 1. The van der Waals surface area contributed by atoms with Gasteiger partial charge < -0.3 is 5.11 Å². The van der Waals surface area contributed by atoms with Crippen molar-refractivity contribution in [3.8, 4) is 0 Å². The van der Waals surface area contributed by atoms with Crippen molar-refractivity contribution in [2.45, 2.75) is 17.9 Å². The van der Waals surface area contributed by atoms with E-state index >= 15 is 0 Å². The van der Waals surface area contributed by atoms with E-state index in [4.69, 9.17) is 11.6 Å². The predicted molar refractivity (Wildman–Crippen MR) is 72.0 cm³/mol. The van der Waals surface area contributed by atoms with Gasteiger partial charge in [-0.2, -0.15) is 0 Å². The number of aromatic nitrogens is 2. The Bertz CT molecular complexity index is 718. The van der Waals surface area contributed by atoms with E-state index in [0.717, 1.165) is 12.8 Å². The zero-order valence-corrected chi connectivity index (χ0v) is 12.2. The summed E-state index contributed by atoms with van der Waals surface area (Å²) in [5.74, 6) is 0. The van der Waals surface area contributed by atoms with E-state index in [2.05, 4.69) is 9.71 Å². The Morgan fingerprint density at radius 2 is 2.32 bits per heavy atom. The maximum Gasteiger partial charge on any atom is 0.259 e. The highest BCUT2D eigenvalue weighted by atomic mass is 35.5. The lowest BCUT2D eigenvalue weighted by atomic mass is 10.1. The van der Waals surface area contributed by atoms with Gasteiger partial charge in [0.1, 0.15) is 0 Å². The van der Waals surface area contributed by atoms with Crippen LogP contribution in [0.5, 0.6) is 0 Å². The summed E-state index contributed by atoms with van der Waals surface area (Å²) in [6.45, 7) is 0.211. The molecule has 0 amide bonds. The van der Waals surface area contributed by atoms with Gasteiger partial charge in [0.05, 0.1) is 0 Å². The molecule has 104 valence electrons. The first-order chi connectivity index (χ1) is 8.97. The first-order valence-electron chi connectivity index (χ1n) is 5.69. The molecule has 0 aliphatic heterocycles. The van der Waals surface area contributed by atoms with Crippen LogP contribution in [-0.4, -0.2) is 36.1 Å². The summed E-state index contributed by atoms with van der Waals surface area (Å²) in [4.78, 5) is 4.53. The van der Waals surface area contributed by atoms with E-state index < -0.39 is 10.0 Å². The molecule has 0 unspecified atom stereocenters. The number of fused-ring (bicyclic) bond motifs is 1. The molecule has 1 aliphatic rings. The highest BCUT2D eigenvalue weighted by Crippen LogP contribution is 2.44. The van der Waals surface area contributed by atoms with E-state index in [-0.39, 0.29) is 28.7 Å². The van der Waals surface area contributed by atoms with E-state index in [1.807, 2.05) is 0 Å². The van der Waals surface area contributed by atoms with Gasteiger partial charge in [0.2, 0.25) is 0 Å². The number of hydrogen-bond donors (Lipinski definition) is 2. The fourth-order valence-electron chi connectivity index (χ4n) is 1.86. The monoisotopic (exact) mass is 321 g/mol. The second-order valence-electron chi connectivity index (χ2n) is 4.75. The zero-order chi connectivity index (χ0) is 13.7. The van der Waals surface area contributed by atoms with E-state index in [1.165, 1.54) is 15.7 Å². The third-order valence-corrected chi connectivity index (χ3v) is 5.92. The number of imidazole rings is 1. The van der Waals surface area contributed by atoms with Crippen molar-refractivity contribution in [1.82, 2.24) is 14.1 Å². The summed E-state index contributed by atoms with van der Waals surface area (Å²) in [6, 6.07) is 0. The number of hydrogen-bond acceptors (Lipinski definition) is 5. The van der Waals surface area contributed by atoms with Gasteiger partial charge in [-0.3, -0.25) is 4.40 Å². The molecule has 1 saturated carbocycles. The van der Waals surface area contributed by atoms with Crippen LogP contribution in [0.1, 0.15) is 12.8 Å². The summed E-state index contributed by atoms with van der Waals surface area (Å²) in [5.41, 5.74) is -0.294. The molecule has 0 aromatic carbocycles. The molecule has 0 bridgehead atoms. The van der Waals surface area contributed by atoms with Gasteiger partial charge in [0.15, 0.2) is 15.1 Å². The van der Waals surface area contributed by atoms with Crippen LogP contribution >= 0.6 is 22.9 Å². The van der Waals surface area contributed by atoms with Gasteiger partial charge in [0, 0.05) is 30.1 Å². The standard InChI is InChI=1S/C10H12ClN3O3S2/c11-7-8(14-3-4-18-9(14)13-7)19(16,17)12-5-10(6-15)1-2-10/h3-4,12,15H,1-2,5-6H2. The minimum Gasteiger partial charge on any atom is -0.396 e. The van der Waals surface area contributed by atoms with Crippen LogP contribution in [0.15, 0.2) is 16.6 Å². The zero-order valence-electron chi connectivity index (χ0n) is 9.84. The fraction of sp³-hybridized carbons (Fsp3) is 0.500.